The van der Waals surface area contributed by atoms with Gasteiger partial charge in [-0.25, -0.2) is 0 Å². The van der Waals surface area contributed by atoms with Crippen LogP contribution in [0.5, 0.6) is 0 Å². The molecule has 0 unspecified atom stereocenters. The van der Waals surface area contributed by atoms with Gasteiger partial charge in [0.05, 0.1) is 5.41 Å². The Labute approximate surface area is 91.0 Å². The van der Waals surface area contributed by atoms with Gasteiger partial charge in [0.25, 0.3) is 0 Å². The molecule has 0 aliphatic heterocycles. The summed E-state index contributed by atoms with van der Waals surface area (Å²) in [6, 6.07) is 0. The van der Waals surface area contributed by atoms with Gasteiger partial charge < -0.3 is 4.74 Å². The highest BCUT2D eigenvalue weighted by Gasteiger charge is 2.35. The first-order valence-corrected chi connectivity index (χ1v) is 5.04. The molecule has 1 aliphatic rings. The fourth-order valence-electron chi connectivity index (χ4n) is 1.08. The van der Waals surface area contributed by atoms with Crippen molar-refractivity contribution in [3.05, 3.63) is 24.3 Å². The van der Waals surface area contributed by atoms with Crippen molar-refractivity contribution in [2.45, 2.75) is 32.8 Å². The highest BCUT2D eigenvalue weighted by atomic mass is 16.6. The van der Waals surface area contributed by atoms with E-state index in [0.717, 1.165) is 6.42 Å². The van der Waals surface area contributed by atoms with E-state index < -0.39 is 11.0 Å². The third kappa shape index (κ3) is 2.30. The Kier molecular flexibility index (Phi) is 3.04. The van der Waals surface area contributed by atoms with Gasteiger partial charge in [-0.05, 0) is 38.3 Å². The molecule has 15 heavy (non-hydrogen) atoms. The number of allylic oxidation sites excluding steroid dienone is 2. The zero-order valence-corrected chi connectivity index (χ0v) is 9.41. The molecule has 0 saturated carbocycles. The minimum Gasteiger partial charge on any atom is -0.438 e. The van der Waals surface area contributed by atoms with Crippen molar-refractivity contribution < 1.29 is 9.53 Å². The highest BCUT2D eigenvalue weighted by molar-refractivity contribution is 5.77. The zero-order chi connectivity index (χ0) is 11.5. The number of esters is 1. The molecule has 0 fully saturated rings. The number of hydrogen-bond donors (Lipinski definition) is 0. The molecule has 0 N–H and O–H groups in total. The van der Waals surface area contributed by atoms with E-state index in [4.69, 9.17) is 11.2 Å². The summed E-state index contributed by atoms with van der Waals surface area (Å²) in [6.45, 7) is 5.65. The second kappa shape index (κ2) is 3.94. The summed E-state index contributed by atoms with van der Waals surface area (Å²) in [7, 11) is 0. The maximum atomic E-state index is 11.8. The topological polar surface area (TPSA) is 26.3 Å². The van der Waals surface area contributed by atoms with Crippen LogP contribution in [0.1, 0.15) is 27.2 Å². The minimum absolute atomic E-state index is 0.265. The summed E-state index contributed by atoms with van der Waals surface area (Å²) in [6.07, 6.45) is 13.1. The third-order valence-electron chi connectivity index (χ3n) is 2.72. The SMILES string of the molecule is C#CC1(OC(=O)C(C)(C)CC)C=CC=C1. The molecule has 0 aromatic rings. The molecule has 0 saturated heterocycles. The van der Waals surface area contributed by atoms with Crippen molar-refractivity contribution in [3.63, 3.8) is 0 Å². The monoisotopic (exact) mass is 204 g/mol. The Morgan fingerprint density at radius 1 is 1.47 bits per heavy atom. The van der Waals surface area contributed by atoms with Crippen LogP contribution < -0.4 is 0 Å². The summed E-state index contributed by atoms with van der Waals surface area (Å²) >= 11 is 0. The molecular weight excluding hydrogens is 188 g/mol. The Morgan fingerprint density at radius 2 is 2.00 bits per heavy atom. The molecule has 0 bridgehead atoms. The number of hydrogen-bond acceptors (Lipinski definition) is 2. The van der Waals surface area contributed by atoms with E-state index in [-0.39, 0.29) is 5.97 Å². The van der Waals surface area contributed by atoms with Gasteiger partial charge in [0, 0.05) is 0 Å². The average molecular weight is 204 g/mol. The predicted molar refractivity (Wildman–Crippen MR) is 60.0 cm³/mol. The summed E-state index contributed by atoms with van der Waals surface area (Å²) in [5.41, 5.74) is -1.46. The van der Waals surface area contributed by atoms with E-state index in [2.05, 4.69) is 5.92 Å². The van der Waals surface area contributed by atoms with Crippen molar-refractivity contribution in [1.29, 1.82) is 0 Å². The smallest absolute Gasteiger partial charge is 0.313 e. The number of rotatable bonds is 3. The number of carbonyl (C=O) groups is 1. The lowest BCUT2D eigenvalue weighted by atomic mass is 9.90. The van der Waals surface area contributed by atoms with E-state index in [0.29, 0.717) is 0 Å². The van der Waals surface area contributed by atoms with Crippen molar-refractivity contribution in [1.82, 2.24) is 0 Å². The normalized spacial score (nSPS) is 17.5. The largest absolute Gasteiger partial charge is 0.438 e. The molecule has 0 radical (unpaired) electrons. The molecule has 0 amide bonds. The van der Waals surface area contributed by atoms with Crippen LogP contribution in [0, 0.1) is 17.8 Å². The van der Waals surface area contributed by atoms with Crippen LogP contribution in [0.3, 0.4) is 0 Å². The maximum Gasteiger partial charge on any atom is 0.313 e. The number of terminal acetylenes is 1. The van der Waals surface area contributed by atoms with Crippen molar-refractivity contribution >= 4 is 5.97 Å². The summed E-state index contributed by atoms with van der Waals surface area (Å²) in [5.74, 6) is 2.22. The summed E-state index contributed by atoms with van der Waals surface area (Å²) in [4.78, 5) is 11.8. The zero-order valence-electron chi connectivity index (χ0n) is 9.41. The quantitative estimate of drug-likeness (QED) is 0.521. The second-order valence-electron chi connectivity index (χ2n) is 4.28. The van der Waals surface area contributed by atoms with Crippen molar-refractivity contribution in [2.24, 2.45) is 5.41 Å². The number of ether oxygens (including phenoxy) is 1. The van der Waals surface area contributed by atoms with Crippen LogP contribution in [0.15, 0.2) is 24.3 Å². The van der Waals surface area contributed by atoms with Crippen LogP contribution in [-0.2, 0) is 9.53 Å². The first-order valence-electron chi connectivity index (χ1n) is 5.04. The average Bonchev–Trinajstić information content (AvgIpc) is 2.67. The maximum absolute atomic E-state index is 11.8. The van der Waals surface area contributed by atoms with Gasteiger partial charge in [-0.1, -0.05) is 19.1 Å². The molecule has 1 aliphatic carbocycles. The van der Waals surface area contributed by atoms with Crippen LogP contribution in [0.4, 0.5) is 0 Å². The first-order chi connectivity index (χ1) is 6.96. The Hall–Kier alpha value is -1.49. The van der Waals surface area contributed by atoms with Gasteiger partial charge in [0.15, 0.2) is 0 Å². The molecule has 0 aromatic heterocycles. The molecule has 0 heterocycles. The Balaban J connectivity index is 2.79. The van der Waals surface area contributed by atoms with Gasteiger partial charge in [-0.15, -0.1) is 6.42 Å². The third-order valence-corrected chi connectivity index (χ3v) is 2.72. The molecule has 1 rings (SSSR count). The standard InChI is InChI=1S/C13H16O2/c1-5-12(3,4)11(14)15-13(6-2)9-7-8-10-13/h2,7-10H,5H2,1,3-4H3. The highest BCUT2D eigenvalue weighted by Crippen LogP contribution is 2.27. The molecular formula is C13H16O2. The van der Waals surface area contributed by atoms with Gasteiger partial charge in [-0.3, -0.25) is 4.79 Å². The lowest BCUT2D eigenvalue weighted by Gasteiger charge is -2.26. The molecule has 80 valence electrons. The van der Waals surface area contributed by atoms with Crippen molar-refractivity contribution in [3.8, 4) is 12.3 Å². The van der Waals surface area contributed by atoms with Gasteiger partial charge in [0.1, 0.15) is 0 Å². The van der Waals surface area contributed by atoms with Gasteiger partial charge in [0.2, 0.25) is 5.60 Å². The van der Waals surface area contributed by atoms with Crippen LogP contribution >= 0.6 is 0 Å². The molecule has 2 nitrogen and oxygen atoms in total. The van der Waals surface area contributed by atoms with Crippen LogP contribution in [-0.4, -0.2) is 11.6 Å². The van der Waals surface area contributed by atoms with Crippen LogP contribution in [0.2, 0.25) is 0 Å². The molecule has 0 atom stereocenters. The minimum atomic E-state index is -0.969. The van der Waals surface area contributed by atoms with Crippen LogP contribution in [0.25, 0.3) is 0 Å². The van der Waals surface area contributed by atoms with Gasteiger partial charge in [-0.2, -0.15) is 0 Å². The van der Waals surface area contributed by atoms with E-state index in [9.17, 15) is 4.79 Å². The fourth-order valence-corrected chi connectivity index (χ4v) is 1.08. The lowest BCUT2D eigenvalue weighted by Crippen LogP contribution is -2.35. The summed E-state index contributed by atoms with van der Waals surface area (Å²) in [5, 5.41) is 0. The van der Waals surface area contributed by atoms with E-state index in [1.165, 1.54) is 0 Å². The summed E-state index contributed by atoms with van der Waals surface area (Å²) < 4.78 is 5.36. The first kappa shape index (κ1) is 11.6. The Morgan fingerprint density at radius 3 is 2.40 bits per heavy atom. The molecule has 0 aromatic carbocycles. The molecule has 0 spiro atoms. The second-order valence-corrected chi connectivity index (χ2v) is 4.28. The molecule has 2 heteroatoms. The van der Waals surface area contributed by atoms with E-state index in [1.807, 2.05) is 20.8 Å². The Bertz CT molecular complexity index is 341. The van der Waals surface area contributed by atoms with E-state index in [1.54, 1.807) is 24.3 Å². The lowest BCUT2D eigenvalue weighted by molar-refractivity contribution is -0.159. The van der Waals surface area contributed by atoms with E-state index >= 15 is 0 Å². The number of carbonyl (C=O) groups excluding carboxylic acids is 1. The van der Waals surface area contributed by atoms with Gasteiger partial charge >= 0.3 is 5.97 Å². The van der Waals surface area contributed by atoms with Crippen molar-refractivity contribution in [2.75, 3.05) is 0 Å². The predicted octanol–water partition coefficient (Wildman–Crippen LogP) is 2.46. The fraction of sp³-hybridized carbons (Fsp3) is 0.462.